The fraction of sp³-hybridized carbons (Fsp3) is 0.625. The molecule has 1 N–H and O–H groups in total. The van der Waals surface area contributed by atoms with E-state index in [2.05, 4.69) is 0 Å². The summed E-state index contributed by atoms with van der Waals surface area (Å²) in [5.74, 6) is -47.0. The molecule has 1 aromatic rings. The minimum absolute atomic E-state index is 0.173. The van der Waals surface area contributed by atoms with Gasteiger partial charge < -0.3 is 5.11 Å². The van der Waals surface area contributed by atoms with Crippen LogP contribution in [0.2, 0.25) is 0 Å². The quantitative estimate of drug-likeness (QED) is 0.237. The maximum Gasteiger partial charge on any atom is 0.460 e. The first-order valence-corrected chi connectivity index (χ1v) is 9.10. The molecule has 0 bridgehead atoms. The standard InChI is InChI=1S/C16H10F15IO/c1-9(33,7-3-2-4-8(32)5-7)6-10(17,18)11(19,20)12(21,22)13(23,24)14(25,26)15(27,28)16(29,30)31/h2-5,33H,6H2,1H3. The normalized spacial score (nSPS) is 17.2. The smallest absolute Gasteiger partial charge is 0.385 e. The summed E-state index contributed by atoms with van der Waals surface area (Å²) in [6, 6.07) is 4.01. The number of hydrogen-bond donors (Lipinski definition) is 1. The molecule has 192 valence electrons. The van der Waals surface area contributed by atoms with Crippen LogP contribution in [0.25, 0.3) is 0 Å². The van der Waals surface area contributed by atoms with Gasteiger partial charge in [0.15, 0.2) is 0 Å². The number of alkyl halides is 15. The fourth-order valence-corrected chi connectivity index (χ4v) is 3.01. The molecule has 0 aliphatic carbocycles. The Morgan fingerprint density at radius 2 is 1.06 bits per heavy atom. The number of aliphatic hydroxyl groups is 1. The van der Waals surface area contributed by atoms with Crippen LogP contribution in [0.4, 0.5) is 65.9 Å². The van der Waals surface area contributed by atoms with Crippen molar-refractivity contribution >= 4 is 22.6 Å². The van der Waals surface area contributed by atoms with E-state index in [1.807, 2.05) is 0 Å². The third kappa shape index (κ3) is 4.59. The lowest BCUT2D eigenvalue weighted by Crippen LogP contribution is -2.72. The molecule has 1 nitrogen and oxygen atoms in total. The molecule has 0 amide bonds. The summed E-state index contributed by atoms with van der Waals surface area (Å²) in [7, 11) is 0. The van der Waals surface area contributed by atoms with Crippen molar-refractivity contribution in [1.29, 1.82) is 0 Å². The summed E-state index contributed by atoms with van der Waals surface area (Å²) in [6.45, 7) is 0.325. The monoisotopic (exact) mass is 630 g/mol. The highest BCUT2D eigenvalue weighted by Gasteiger charge is 2.93. The SMILES string of the molecule is CC(O)(CC(F)(F)C(F)(F)C(F)(F)C(F)(F)C(F)(F)C(F)(F)C(F)(F)F)c1cccc(I)c1. The zero-order chi connectivity index (χ0) is 26.7. The summed E-state index contributed by atoms with van der Waals surface area (Å²) in [5, 5.41) is 10.0. The minimum Gasteiger partial charge on any atom is -0.385 e. The Kier molecular flexibility index (Phi) is 7.44. The summed E-state index contributed by atoms with van der Waals surface area (Å²) in [5.41, 5.74) is -3.87. The molecule has 1 rings (SSSR count). The molecule has 0 heterocycles. The van der Waals surface area contributed by atoms with Gasteiger partial charge >= 0.3 is 41.7 Å². The molecule has 0 saturated heterocycles. The van der Waals surface area contributed by atoms with Gasteiger partial charge in [-0.3, -0.25) is 0 Å². The number of hydrogen-bond acceptors (Lipinski definition) is 1. The molecule has 1 atom stereocenters. The molecule has 0 radical (unpaired) electrons. The molecule has 0 fully saturated rings. The van der Waals surface area contributed by atoms with E-state index >= 15 is 0 Å². The highest BCUT2D eigenvalue weighted by atomic mass is 127. The highest BCUT2D eigenvalue weighted by Crippen LogP contribution is 2.63. The van der Waals surface area contributed by atoms with Crippen LogP contribution in [-0.4, -0.2) is 46.8 Å². The van der Waals surface area contributed by atoms with Gasteiger partial charge in [-0.25, -0.2) is 0 Å². The Morgan fingerprint density at radius 3 is 1.45 bits per heavy atom. The van der Waals surface area contributed by atoms with Crippen LogP contribution in [0.5, 0.6) is 0 Å². The number of rotatable bonds is 8. The van der Waals surface area contributed by atoms with Gasteiger partial charge in [-0.05, 0) is 47.2 Å². The molecule has 1 aromatic carbocycles. The fourth-order valence-electron chi connectivity index (χ4n) is 2.47. The lowest BCUT2D eigenvalue weighted by Gasteiger charge is -2.42. The van der Waals surface area contributed by atoms with Crippen molar-refractivity contribution in [3.63, 3.8) is 0 Å². The van der Waals surface area contributed by atoms with Crippen LogP contribution in [0, 0.1) is 3.57 Å². The van der Waals surface area contributed by atoms with Crippen molar-refractivity contribution < 1.29 is 71.0 Å². The average molecular weight is 630 g/mol. The molecule has 0 aromatic heterocycles. The zero-order valence-corrected chi connectivity index (χ0v) is 17.7. The van der Waals surface area contributed by atoms with Crippen LogP contribution < -0.4 is 0 Å². The third-order valence-corrected chi connectivity index (χ3v) is 5.08. The molecule has 33 heavy (non-hydrogen) atoms. The van der Waals surface area contributed by atoms with E-state index in [1.165, 1.54) is 28.7 Å². The molecule has 0 saturated carbocycles. The van der Waals surface area contributed by atoms with Crippen LogP contribution >= 0.6 is 22.6 Å². The summed E-state index contributed by atoms with van der Waals surface area (Å²) in [6.07, 6.45) is -10.5. The minimum atomic E-state index is -8.35. The van der Waals surface area contributed by atoms with Crippen LogP contribution in [0.1, 0.15) is 18.9 Å². The van der Waals surface area contributed by atoms with E-state index in [0.29, 0.717) is 6.92 Å². The Labute approximate surface area is 188 Å². The molecule has 0 aliphatic rings. The van der Waals surface area contributed by atoms with E-state index in [1.54, 1.807) is 0 Å². The van der Waals surface area contributed by atoms with Crippen LogP contribution in [-0.2, 0) is 5.60 Å². The zero-order valence-electron chi connectivity index (χ0n) is 15.5. The second-order valence-corrected chi connectivity index (χ2v) is 8.28. The van der Waals surface area contributed by atoms with E-state index in [4.69, 9.17) is 0 Å². The third-order valence-electron chi connectivity index (χ3n) is 4.41. The topological polar surface area (TPSA) is 20.2 Å². The molecule has 1 unspecified atom stereocenters. The number of benzene rings is 1. The molecular weight excluding hydrogens is 620 g/mol. The molecule has 0 aliphatic heterocycles. The lowest BCUT2D eigenvalue weighted by molar-refractivity contribution is -0.453. The van der Waals surface area contributed by atoms with Gasteiger partial charge in [-0.2, -0.15) is 65.9 Å². The van der Waals surface area contributed by atoms with E-state index < -0.39 is 59.3 Å². The van der Waals surface area contributed by atoms with E-state index in [9.17, 15) is 71.0 Å². The van der Waals surface area contributed by atoms with Gasteiger partial charge in [0.1, 0.15) is 0 Å². The van der Waals surface area contributed by atoms with Gasteiger partial charge in [-0.1, -0.05) is 12.1 Å². The van der Waals surface area contributed by atoms with Gasteiger partial charge in [-0.15, -0.1) is 0 Å². The predicted molar refractivity (Wildman–Crippen MR) is 89.1 cm³/mol. The highest BCUT2D eigenvalue weighted by molar-refractivity contribution is 14.1. The second-order valence-electron chi connectivity index (χ2n) is 7.04. The Morgan fingerprint density at radius 1 is 0.667 bits per heavy atom. The second kappa shape index (κ2) is 8.22. The first-order valence-electron chi connectivity index (χ1n) is 8.03. The van der Waals surface area contributed by atoms with Crippen molar-refractivity contribution in [1.82, 2.24) is 0 Å². The Hall–Kier alpha value is -1.14. The molecular formula is C16H10F15IO. The predicted octanol–water partition coefficient (Wildman–Crippen LogP) is 7.26. The lowest BCUT2D eigenvalue weighted by atomic mass is 9.84. The molecule has 17 heteroatoms. The Balaban J connectivity index is 3.54. The van der Waals surface area contributed by atoms with Crippen molar-refractivity contribution in [2.75, 3.05) is 0 Å². The summed E-state index contributed by atoms with van der Waals surface area (Å²) < 4.78 is 198. The van der Waals surface area contributed by atoms with Crippen molar-refractivity contribution in [3.8, 4) is 0 Å². The first kappa shape index (κ1) is 29.9. The molecule has 0 spiro atoms. The van der Waals surface area contributed by atoms with Crippen molar-refractivity contribution in [2.45, 2.75) is 60.7 Å². The van der Waals surface area contributed by atoms with Gasteiger partial charge in [0, 0.05) is 3.57 Å². The largest absolute Gasteiger partial charge is 0.460 e. The summed E-state index contributed by atoms with van der Waals surface area (Å²) >= 11 is 1.53. The van der Waals surface area contributed by atoms with Gasteiger partial charge in [0.2, 0.25) is 0 Å². The van der Waals surface area contributed by atoms with Crippen molar-refractivity contribution in [3.05, 3.63) is 33.4 Å². The maximum atomic E-state index is 14.0. The number of halogens is 16. The first-order chi connectivity index (χ1) is 14.2. The van der Waals surface area contributed by atoms with E-state index in [-0.39, 0.29) is 3.57 Å². The summed E-state index contributed by atoms with van der Waals surface area (Å²) in [4.78, 5) is 0. The van der Waals surface area contributed by atoms with E-state index in [0.717, 1.165) is 18.2 Å². The maximum absolute atomic E-state index is 14.0. The average Bonchev–Trinajstić information content (AvgIpc) is 2.59. The van der Waals surface area contributed by atoms with Crippen LogP contribution in [0.3, 0.4) is 0 Å². The Bertz CT molecular complexity index is 860. The van der Waals surface area contributed by atoms with Crippen molar-refractivity contribution in [2.24, 2.45) is 0 Å². The van der Waals surface area contributed by atoms with Gasteiger partial charge in [0.25, 0.3) is 0 Å². The van der Waals surface area contributed by atoms with Crippen LogP contribution in [0.15, 0.2) is 24.3 Å². The van der Waals surface area contributed by atoms with Gasteiger partial charge in [0.05, 0.1) is 12.0 Å².